The molecule has 2 aliphatic rings. The van der Waals surface area contributed by atoms with E-state index in [1.807, 2.05) is 11.8 Å². The van der Waals surface area contributed by atoms with E-state index in [-0.39, 0.29) is 17.7 Å². The zero-order valence-electron chi connectivity index (χ0n) is 13.8. The molecule has 0 aromatic heterocycles. The third kappa shape index (κ3) is 3.98. The van der Waals surface area contributed by atoms with Crippen LogP contribution in [0.4, 0.5) is 0 Å². The van der Waals surface area contributed by atoms with E-state index in [4.69, 9.17) is 10.5 Å². The third-order valence-electron chi connectivity index (χ3n) is 4.97. The lowest BCUT2D eigenvalue weighted by atomic mass is 9.83. The minimum absolute atomic E-state index is 0.0743. The Morgan fingerprint density at radius 2 is 1.68 bits per heavy atom. The average molecular weight is 311 g/mol. The van der Waals surface area contributed by atoms with E-state index in [0.29, 0.717) is 32.7 Å². The average Bonchev–Trinajstić information content (AvgIpc) is 2.55. The van der Waals surface area contributed by atoms with Gasteiger partial charge in [0.1, 0.15) is 0 Å². The van der Waals surface area contributed by atoms with Crippen molar-refractivity contribution in [2.24, 2.45) is 11.7 Å². The van der Waals surface area contributed by atoms with Crippen LogP contribution in [-0.2, 0) is 14.3 Å². The first-order chi connectivity index (χ1) is 10.4. The number of morpholine rings is 1. The van der Waals surface area contributed by atoms with Gasteiger partial charge in [-0.25, -0.2) is 0 Å². The number of nitrogens with two attached hydrogens (primary N) is 1. The van der Waals surface area contributed by atoms with Crippen LogP contribution in [-0.4, -0.2) is 66.5 Å². The Labute approximate surface area is 132 Å². The number of piperidine rings is 1. The Bertz CT molecular complexity index is 399. The maximum atomic E-state index is 12.6. The van der Waals surface area contributed by atoms with Crippen molar-refractivity contribution in [2.45, 2.75) is 45.1 Å². The summed E-state index contributed by atoms with van der Waals surface area (Å²) in [4.78, 5) is 28.7. The minimum atomic E-state index is -1.01. The highest BCUT2D eigenvalue weighted by Gasteiger charge is 2.39. The predicted octanol–water partition coefficient (Wildman–Crippen LogP) is 0.601. The van der Waals surface area contributed by atoms with Crippen molar-refractivity contribution < 1.29 is 14.3 Å². The molecule has 0 aromatic carbocycles. The number of likely N-dealkylation sites (tertiary alicyclic amines) is 1. The van der Waals surface area contributed by atoms with Crippen LogP contribution in [0.5, 0.6) is 0 Å². The number of nitrogens with zero attached hydrogens (tertiary/aromatic N) is 2. The maximum absolute atomic E-state index is 12.6. The van der Waals surface area contributed by atoms with E-state index in [0.717, 1.165) is 25.9 Å². The molecule has 2 rings (SSSR count). The molecular formula is C16H29N3O3. The van der Waals surface area contributed by atoms with Crippen molar-refractivity contribution in [1.82, 2.24) is 9.80 Å². The lowest BCUT2D eigenvalue weighted by molar-refractivity contribution is -0.143. The molecule has 22 heavy (non-hydrogen) atoms. The fourth-order valence-electron chi connectivity index (χ4n) is 3.06. The van der Waals surface area contributed by atoms with Crippen LogP contribution in [0.3, 0.4) is 0 Å². The van der Waals surface area contributed by atoms with Gasteiger partial charge >= 0.3 is 0 Å². The van der Waals surface area contributed by atoms with Crippen LogP contribution < -0.4 is 5.73 Å². The zero-order chi connectivity index (χ0) is 16.2. The highest BCUT2D eigenvalue weighted by atomic mass is 16.5. The Balaban J connectivity index is 1.92. The Morgan fingerprint density at radius 3 is 2.27 bits per heavy atom. The molecule has 6 nitrogen and oxygen atoms in total. The van der Waals surface area contributed by atoms with Crippen LogP contribution in [0.1, 0.15) is 39.5 Å². The van der Waals surface area contributed by atoms with Gasteiger partial charge < -0.3 is 20.3 Å². The second-order valence-corrected chi connectivity index (χ2v) is 6.73. The molecule has 6 heteroatoms. The second-order valence-electron chi connectivity index (χ2n) is 6.73. The summed E-state index contributed by atoms with van der Waals surface area (Å²) >= 11 is 0. The Hall–Kier alpha value is -1.14. The molecule has 2 saturated heterocycles. The normalized spacial score (nSPS) is 23.8. The summed E-state index contributed by atoms with van der Waals surface area (Å²) < 4.78 is 5.27. The van der Waals surface area contributed by atoms with Gasteiger partial charge in [-0.1, -0.05) is 6.92 Å². The van der Waals surface area contributed by atoms with Crippen molar-refractivity contribution in [2.75, 3.05) is 39.4 Å². The van der Waals surface area contributed by atoms with Gasteiger partial charge in [0.25, 0.3) is 0 Å². The number of amides is 2. The molecule has 0 radical (unpaired) electrons. The quantitative estimate of drug-likeness (QED) is 0.825. The molecule has 2 N–H and O–H groups in total. The lowest BCUT2D eigenvalue weighted by Gasteiger charge is -2.38. The molecule has 2 aliphatic heterocycles. The van der Waals surface area contributed by atoms with E-state index in [1.54, 1.807) is 11.8 Å². The summed E-state index contributed by atoms with van der Waals surface area (Å²) in [6.07, 6.45) is 3.69. The molecule has 2 amide bonds. The van der Waals surface area contributed by atoms with Gasteiger partial charge in [-0.05, 0) is 32.1 Å². The topological polar surface area (TPSA) is 75.9 Å². The van der Waals surface area contributed by atoms with Crippen LogP contribution in [0.25, 0.3) is 0 Å². The van der Waals surface area contributed by atoms with Gasteiger partial charge in [-0.3, -0.25) is 9.59 Å². The van der Waals surface area contributed by atoms with Crippen LogP contribution in [0.15, 0.2) is 0 Å². The fraction of sp³-hybridized carbons (Fsp3) is 0.875. The SMILES string of the molecule is CC(CC(=O)N1CCCCC1)C(C)(N)C(=O)N1CCOCC1. The van der Waals surface area contributed by atoms with Crippen LogP contribution in [0.2, 0.25) is 0 Å². The molecule has 2 fully saturated rings. The fourth-order valence-corrected chi connectivity index (χ4v) is 3.06. The smallest absolute Gasteiger partial charge is 0.242 e. The van der Waals surface area contributed by atoms with Crippen molar-refractivity contribution in [1.29, 1.82) is 0 Å². The summed E-state index contributed by atoms with van der Waals surface area (Å²) in [5.41, 5.74) is 5.30. The highest BCUT2D eigenvalue weighted by Crippen LogP contribution is 2.23. The standard InChI is InChI=1S/C16H29N3O3/c1-13(12-14(20)18-6-4-3-5-7-18)16(2,17)15(21)19-8-10-22-11-9-19/h13H,3-12,17H2,1-2H3. The van der Waals surface area contributed by atoms with Gasteiger partial charge in [-0.2, -0.15) is 0 Å². The van der Waals surface area contributed by atoms with Gasteiger partial charge in [0, 0.05) is 32.6 Å². The van der Waals surface area contributed by atoms with E-state index in [9.17, 15) is 9.59 Å². The van der Waals surface area contributed by atoms with Crippen molar-refractivity contribution >= 4 is 11.8 Å². The number of rotatable bonds is 4. The molecule has 2 unspecified atom stereocenters. The molecule has 2 atom stereocenters. The van der Waals surface area contributed by atoms with Crippen molar-refractivity contribution in [3.8, 4) is 0 Å². The van der Waals surface area contributed by atoms with Gasteiger partial charge in [0.2, 0.25) is 11.8 Å². The maximum Gasteiger partial charge on any atom is 0.242 e. The van der Waals surface area contributed by atoms with E-state index >= 15 is 0 Å². The Kier molecular flexibility index (Phi) is 5.81. The molecule has 2 heterocycles. The predicted molar refractivity (Wildman–Crippen MR) is 84.2 cm³/mol. The summed E-state index contributed by atoms with van der Waals surface area (Å²) in [6, 6.07) is 0. The van der Waals surface area contributed by atoms with E-state index in [1.165, 1.54) is 6.42 Å². The van der Waals surface area contributed by atoms with Gasteiger partial charge in [0.05, 0.1) is 18.8 Å². The van der Waals surface area contributed by atoms with Crippen molar-refractivity contribution in [3.05, 3.63) is 0 Å². The molecule has 0 aliphatic carbocycles. The highest BCUT2D eigenvalue weighted by molar-refractivity contribution is 5.87. The summed E-state index contributed by atoms with van der Waals surface area (Å²) in [5.74, 6) is -0.134. The van der Waals surface area contributed by atoms with E-state index < -0.39 is 5.54 Å². The summed E-state index contributed by atoms with van der Waals surface area (Å²) in [6.45, 7) is 7.61. The molecule has 0 bridgehead atoms. The molecule has 0 saturated carbocycles. The van der Waals surface area contributed by atoms with Crippen molar-refractivity contribution in [3.63, 3.8) is 0 Å². The monoisotopic (exact) mass is 311 g/mol. The largest absolute Gasteiger partial charge is 0.378 e. The number of hydrogen-bond acceptors (Lipinski definition) is 4. The molecular weight excluding hydrogens is 282 g/mol. The van der Waals surface area contributed by atoms with Gasteiger partial charge in [-0.15, -0.1) is 0 Å². The number of hydrogen-bond donors (Lipinski definition) is 1. The first kappa shape index (κ1) is 17.2. The first-order valence-corrected chi connectivity index (χ1v) is 8.36. The minimum Gasteiger partial charge on any atom is -0.378 e. The Morgan fingerprint density at radius 1 is 1.09 bits per heavy atom. The van der Waals surface area contributed by atoms with E-state index in [2.05, 4.69) is 0 Å². The van der Waals surface area contributed by atoms with Gasteiger partial charge in [0.15, 0.2) is 0 Å². The number of ether oxygens (including phenoxy) is 1. The molecule has 126 valence electrons. The van der Waals surface area contributed by atoms with Crippen LogP contribution >= 0.6 is 0 Å². The molecule has 0 aromatic rings. The van der Waals surface area contributed by atoms with Crippen LogP contribution in [0, 0.1) is 5.92 Å². The second kappa shape index (κ2) is 7.42. The third-order valence-corrected chi connectivity index (χ3v) is 4.97. The number of carbonyl (C=O) groups is 2. The first-order valence-electron chi connectivity index (χ1n) is 8.36. The lowest BCUT2D eigenvalue weighted by Crippen LogP contribution is -2.59. The summed E-state index contributed by atoms with van der Waals surface area (Å²) in [5, 5.41) is 0. The molecule has 0 spiro atoms. The number of carbonyl (C=O) groups excluding carboxylic acids is 2. The summed E-state index contributed by atoms with van der Waals surface area (Å²) in [7, 11) is 0. The zero-order valence-corrected chi connectivity index (χ0v) is 13.8.